The normalized spacial score (nSPS) is 17.6. The first-order valence-electron chi connectivity index (χ1n) is 8.25. The molecule has 2 heterocycles. The number of morpholine rings is 1. The lowest BCUT2D eigenvalue weighted by Crippen LogP contribution is -2.38. The Bertz CT molecular complexity index is 899. The van der Waals surface area contributed by atoms with Gasteiger partial charge < -0.3 is 20.1 Å². The van der Waals surface area contributed by atoms with Crippen molar-refractivity contribution in [2.75, 3.05) is 37.4 Å². The highest BCUT2D eigenvalue weighted by Crippen LogP contribution is 2.29. The molecule has 0 bridgehead atoms. The number of benzene rings is 2. The summed E-state index contributed by atoms with van der Waals surface area (Å²) in [6, 6.07) is 14.3. The summed E-state index contributed by atoms with van der Waals surface area (Å²) in [5, 5.41) is 2.32. The van der Waals surface area contributed by atoms with Crippen LogP contribution in [0.25, 0.3) is 10.8 Å². The van der Waals surface area contributed by atoms with Crippen LogP contribution in [0.3, 0.4) is 0 Å². The fourth-order valence-electron chi connectivity index (χ4n) is 3.16. The summed E-state index contributed by atoms with van der Waals surface area (Å²) in [4.78, 5) is 10.5. The topological polar surface area (TPSA) is 73.5 Å². The molecule has 0 spiro atoms. The average molecular weight is 336 g/mol. The van der Waals surface area contributed by atoms with Crippen molar-refractivity contribution in [2.45, 2.75) is 6.10 Å². The maximum Gasteiger partial charge on any atom is 0.134 e. The second-order valence-corrected chi connectivity index (χ2v) is 6.08. The summed E-state index contributed by atoms with van der Waals surface area (Å²) in [6.45, 7) is 2.17. The third kappa shape index (κ3) is 3.21. The summed E-state index contributed by atoms with van der Waals surface area (Å²) in [7, 11) is 1.68. The van der Waals surface area contributed by atoms with Crippen LogP contribution in [0.5, 0.6) is 5.75 Å². The van der Waals surface area contributed by atoms with E-state index in [4.69, 9.17) is 15.2 Å². The molecule has 3 aromatic rings. The molecule has 0 unspecified atom stereocenters. The van der Waals surface area contributed by atoms with E-state index in [1.807, 2.05) is 12.1 Å². The Morgan fingerprint density at radius 2 is 1.96 bits per heavy atom. The van der Waals surface area contributed by atoms with E-state index in [1.54, 1.807) is 13.2 Å². The SMILES string of the molecule is COc1ccc2cc([C@@H]3CN(c4cc(N)ncn4)CCO3)ccc2c1. The lowest BCUT2D eigenvalue weighted by Gasteiger charge is -2.34. The lowest BCUT2D eigenvalue weighted by molar-refractivity contribution is 0.0396. The molecule has 2 N–H and O–H groups in total. The molecule has 128 valence electrons. The van der Waals surface area contributed by atoms with Gasteiger partial charge in [0.25, 0.3) is 0 Å². The molecule has 1 aliphatic rings. The van der Waals surface area contributed by atoms with Crippen molar-refractivity contribution in [3.63, 3.8) is 0 Å². The number of fused-ring (bicyclic) bond motifs is 1. The van der Waals surface area contributed by atoms with Crippen molar-refractivity contribution in [3.8, 4) is 5.75 Å². The zero-order chi connectivity index (χ0) is 17.2. The molecule has 4 rings (SSSR count). The van der Waals surface area contributed by atoms with Crippen LogP contribution < -0.4 is 15.4 Å². The van der Waals surface area contributed by atoms with Crippen molar-refractivity contribution in [3.05, 3.63) is 54.4 Å². The van der Waals surface area contributed by atoms with Crippen LogP contribution in [0.2, 0.25) is 0 Å². The number of hydrogen-bond donors (Lipinski definition) is 1. The van der Waals surface area contributed by atoms with E-state index < -0.39 is 0 Å². The van der Waals surface area contributed by atoms with Crippen molar-refractivity contribution in [1.82, 2.24) is 9.97 Å². The van der Waals surface area contributed by atoms with Crippen molar-refractivity contribution in [1.29, 1.82) is 0 Å². The Morgan fingerprint density at radius 3 is 2.80 bits per heavy atom. The van der Waals surface area contributed by atoms with Gasteiger partial charge in [0, 0.05) is 19.2 Å². The molecule has 1 atom stereocenters. The molecule has 1 fully saturated rings. The summed E-state index contributed by atoms with van der Waals surface area (Å²) >= 11 is 0. The first-order valence-corrected chi connectivity index (χ1v) is 8.25. The zero-order valence-corrected chi connectivity index (χ0v) is 14.1. The number of aromatic nitrogens is 2. The van der Waals surface area contributed by atoms with Gasteiger partial charge in [-0.05, 0) is 34.5 Å². The molecule has 1 aliphatic heterocycles. The molecule has 6 nitrogen and oxygen atoms in total. The summed E-state index contributed by atoms with van der Waals surface area (Å²) < 4.78 is 11.3. The van der Waals surface area contributed by atoms with Crippen molar-refractivity contribution < 1.29 is 9.47 Å². The minimum Gasteiger partial charge on any atom is -0.497 e. The molecule has 1 aromatic heterocycles. The number of ether oxygens (including phenoxy) is 2. The number of nitrogens with two attached hydrogens (primary N) is 1. The fraction of sp³-hybridized carbons (Fsp3) is 0.263. The maximum atomic E-state index is 6.00. The first kappa shape index (κ1) is 15.7. The highest BCUT2D eigenvalue weighted by Gasteiger charge is 2.23. The van der Waals surface area contributed by atoms with E-state index in [0.717, 1.165) is 35.6 Å². The Morgan fingerprint density at radius 1 is 1.12 bits per heavy atom. The van der Waals surface area contributed by atoms with Gasteiger partial charge in [-0.25, -0.2) is 9.97 Å². The molecule has 0 saturated carbocycles. The Hall–Kier alpha value is -2.86. The number of nitrogen functional groups attached to an aromatic ring is 1. The second-order valence-electron chi connectivity index (χ2n) is 6.08. The monoisotopic (exact) mass is 336 g/mol. The number of nitrogens with zero attached hydrogens (tertiary/aromatic N) is 3. The zero-order valence-electron chi connectivity index (χ0n) is 14.1. The molecule has 0 aliphatic carbocycles. The number of methoxy groups -OCH3 is 1. The van der Waals surface area contributed by atoms with Crippen LogP contribution in [0, 0.1) is 0 Å². The number of hydrogen-bond acceptors (Lipinski definition) is 6. The molecular weight excluding hydrogens is 316 g/mol. The van der Waals surface area contributed by atoms with Crippen LogP contribution >= 0.6 is 0 Å². The van der Waals surface area contributed by atoms with Gasteiger partial charge in [-0.15, -0.1) is 0 Å². The van der Waals surface area contributed by atoms with Crippen LogP contribution in [-0.4, -0.2) is 36.8 Å². The van der Waals surface area contributed by atoms with Gasteiger partial charge in [0.1, 0.15) is 29.8 Å². The smallest absolute Gasteiger partial charge is 0.134 e. The van der Waals surface area contributed by atoms with E-state index in [1.165, 1.54) is 11.7 Å². The summed E-state index contributed by atoms with van der Waals surface area (Å²) in [5.41, 5.74) is 6.93. The molecule has 1 saturated heterocycles. The van der Waals surface area contributed by atoms with Gasteiger partial charge in [0.15, 0.2) is 0 Å². The highest BCUT2D eigenvalue weighted by atomic mass is 16.5. The predicted molar refractivity (Wildman–Crippen MR) is 97.9 cm³/mol. The molecule has 0 amide bonds. The third-order valence-corrected chi connectivity index (χ3v) is 4.51. The van der Waals surface area contributed by atoms with Crippen LogP contribution in [0.15, 0.2) is 48.8 Å². The Kier molecular flexibility index (Phi) is 4.11. The van der Waals surface area contributed by atoms with Gasteiger partial charge in [-0.1, -0.05) is 18.2 Å². The minimum absolute atomic E-state index is 0.00329. The van der Waals surface area contributed by atoms with E-state index >= 15 is 0 Å². The molecule has 2 aromatic carbocycles. The standard InChI is InChI=1S/C19H20N4O2/c1-24-16-5-4-13-8-15(3-2-14(13)9-16)17-11-23(6-7-25-17)19-10-18(20)21-12-22-19/h2-5,8-10,12,17H,6-7,11H2,1H3,(H2,20,21,22)/t17-/m0/s1. The molecular formula is C19H20N4O2. The largest absolute Gasteiger partial charge is 0.497 e. The fourth-order valence-corrected chi connectivity index (χ4v) is 3.16. The van der Waals surface area contributed by atoms with Crippen LogP contribution in [-0.2, 0) is 4.74 Å². The van der Waals surface area contributed by atoms with Gasteiger partial charge in [0.05, 0.1) is 13.7 Å². The van der Waals surface area contributed by atoms with Crippen LogP contribution in [0.4, 0.5) is 11.6 Å². The maximum absolute atomic E-state index is 6.00. The number of anilines is 2. The first-order chi connectivity index (χ1) is 12.2. The number of rotatable bonds is 3. The van der Waals surface area contributed by atoms with E-state index in [-0.39, 0.29) is 6.10 Å². The second kappa shape index (κ2) is 6.57. The molecule has 0 radical (unpaired) electrons. The summed E-state index contributed by atoms with van der Waals surface area (Å²) in [6.07, 6.45) is 1.50. The Labute approximate surface area is 146 Å². The molecule has 25 heavy (non-hydrogen) atoms. The predicted octanol–water partition coefficient (Wildman–Crippen LogP) is 2.80. The Balaban J connectivity index is 1.59. The summed E-state index contributed by atoms with van der Waals surface area (Å²) in [5.74, 6) is 2.18. The van der Waals surface area contributed by atoms with E-state index in [0.29, 0.717) is 12.4 Å². The lowest BCUT2D eigenvalue weighted by atomic mass is 10.0. The van der Waals surface area contributed by atoms with Gasteiger partial charge in [-0.3, -0.25) is 0 Å². The highest BCUT2D eigenvalue weighted by molar-refractivity contribution is 5.84. The quantitative estimate of drug-likeness (QED) is 0.793. The van der Waals surface area contributed by atoms with Crippen LogP contribution in [0.1, 0.15) is 11.7 Å². The minimum atomic E-state index is -0.00329. The average Bonchev–Trinajstić information content (AvgIpc) is 2.67. The third-order valence-electron chi connectivity index (χ3n) is 4.51. The van der Waals surface area contributed by atoms with Gasteiger partial charge in [-0.2, -0.15) is 0 Å². The van der Waals surface area contributed by atoms with Gasteiger partial charge in [0.2, 0.25) is 0 Å². The van der Waals surface area contributed by atoms with Crippen molar-refractivity contribution >= 4 is 22.4 Å². The molecule has 6 heteroatoms. The van der Waals surface area contributed by atoms with E-state index in [2.05, 4.69) is 39.1 Å². The van der Waals surface area contributed by atoms with Crippen molar-refractivity contribution in [2.24, 2.45) is 0 Å². The van der Waals surface area contributed by atoms with Gasteiger partial charge >= 0.3 is 0 Å². The van der Waals surface area contributed by atoms with E-state index in [9.17, 15) is 0 Å².